The third kappa shape index (κ3) is 3.02. The Bertz CT molecular complexity index is 1040. The van der Waals surface area contributed by atoms with Crippen molar-refractivity contribution in [2.24, 2.45) is 0 Å². The molecule has 5 rings (SSSR count). The number of carbonyl (C=O) groups excluding carboxylic acids is 1. The zero-order valence-electron chi connectivity index (χ0n) is 15.4. The number of hydrogen-bond donors (Lipinski definition) is 2. The molecule has 7 heteroatoms. The van der Waals surface area contributed by atoms with Gasteiger partial charge in [0.2, 0.25) is 0 Å². The highest BCUT2D eigenvalue weighted by molar-refractivity contribution is 7.16. The Labute approximate surface area is 172 Å². The number of benzene rings is 1. The van der Waals surface area contributed by atoms with E-state index in [1.54, 1.807) is 11.3 Å². The maximum absolute atomic E-state index is 12.9. The van der Waals surface area contributed by atoms with E-state index in [0.29, 0.717) is 10.8 Å². The fourth-order valence-electron chi connectivity index (χ4n) is 3.86. The van der Waals surface area contributed by atoms with E-state index in [1.165, 1.54) is 10.4 Å². The Balaban J connectivity index is 1.42. The summed E-state index contributed by atoms with van der Waals surface area (Å²) >= 11 is 7.66. The van der Waals surface area contributed by atoms with Crippen molar-refractivity contribution in [3.63, 3.8) is 0 Å². The molecule has 1 atom stereocenters. The normalized spacial score (nSPS) is 18.9. The zero-order valence-corrected chi connectivity index (χ0v) is 17.0. The number of anilines is 1. The summed E-state index contributed by atoms with van der Waals surface area (Å²) in [5.41, 5.74) is 2.97. The number of likely N-dealkylation sites (N-methyl/N-ethyl adjacent to an activating group) is 1. The molecule has 3 aromatic rings. The Hall–Kier alpha value is -2.28. The molecule has 5 nitrogen and oxygen atoms in total. The molecule has 0 spiro atoms. The number of rotatable bonds is 3. The lowest BCUT2D eigenvalue weighted by Crippen LogP contribution is -2.38. The molecular weight excluding hydrogens is 394 g/mol. The first kappa shape index (κ1) is 17.8. The van der Waals surface area contributed by atoms with Crippen molar-refractivity contribution in [2.75, 3.05) is 18.4 Å². The average Bonchev–Trinajstić information content (AvgIpc) is 3.32. The molecular formula is C21H20ClN3O2S. The molecule has 2 N–H and O–H groups in total. The second-order valence-corrected chi connectivity index (χ2v) is 8.63. The molecule has 2 aliphatic rings. The number of nitrogens with zero attached hydrogens (tertiary/aromatic N) is 1. The fraction of sp³-hybridized carbons (Fsp3) is 0.286. The maximum atomic E-state index is 12.9. The first-order chi connectivity index (χ1) is 13.6. The van der Waals surface area contributed by atoms with E-state index in [2.05, 4.69) is 22.5 Å². The fourth-order valence-corrected chi connectivity index (χ4v) is 5.30. The van der Waals surface area contributed by atoms with Crippen LogP contribution in [0, 0.1) is 0 Å². The number of thiophene rings is 1. The van der Waals surface area contributed by atoms with E-state index in [1.807, 2.05) is 36.4 Å². The molecule has 0 bridgehead atoms. The molecule has 1 amide bonds. The van der Waals surface area contributed by atoms with Crippen molar-refractivity contribution >= 4 is 33.8 Å². The SMILES string of the molecule is CCN1CCc2c(sc3c2C(=O)N[C@@H](c2ccc(-c4ccc(Cl)cc4)o2)N3)C1. The Morgan fingerprint density at radius 1 is 1.21 bits per heavy atom. The summed E-state index contributed by atoms with van der Waals surface area (Å²) in [5.74, 6) is 1.41. The molecule has 0 unspecified atom stereocenters. The second-order valence-electron chi connectivity index (χ2n) is 7.09. The lowest BCUT2D eigenvalue weighted by molar-refractivity contribution is 0.0930. The Kier molecular flexibility index (Phi) is 4.42. The monoisotopic (exact) mass is 413 g/mol. The van der Waals surface area contributed by atoms with Crippen LogP contribution < -0.4 is 10.6 Å². The predicted octanol–water partition coefficient (Wildman–Crippen LogP) is 4.89. The third-order valence-corrected chi connectivity index (χ3v) is 6.80. The van der Waals surface area contributed by atoms with Gasteiger partial charge in [0.15, 0.2) is 6.17 Å². The molecule has 0 fully saturated rings. The Morgan fingerprint density at radius 2 is 2.04 bits per heavy atom. The van der Waals surface area contributed by atoms with Gasteiger partial charge < -0.3 is 15.1 Å². The van der Waals surface area contributed by atoms with Gasteiger partial charge in [-0.3, -0.25) is 9.69 Å². The topological polar surface area (TPSA) is 57.5 Å². The van der Waals surface area contributed by atoms with Gasteiger partial charge in [-0.05, 0) is 54.9 Å². The summed E-state index contributed by atoms with van der Waals surface area (Å²) in [6, 6.07) is 11.3. The molecule has 0 radical (unpaired) electrons. The largest absolute Gasteiger partial charge is 0.457 e. The van der Waals surface area contributed by atoms with E-state index in [0.717, 1.165) is 47.9 Å². The van der Waals surface area contributed by atoms with Crippen molar-refractivity contribution < 1.29 is 9.21 Å². The van der Waals surface area contributed by atoms with E-state index in [-0.39, 0.29) is 12.1 Å². The average molecular weight is 414 g/mol. The predicted molar refractivity (Wildman–Crippen MR) is 112 cm³/mol. The van der Waals surface area contributed by atoms with Gasteiger partial charge in [-0.15, -0.1) is 11.3 Å². The maximum Gasteiger partial charge on any atom is 0.256 e. The summed E-state index contributed by atoms with van der Waals surface area (Å²) in [7, 11) is 0. The third-order valence-electron chi connectivity index (χ3n) is 5.40. The van der Waals surface area contributed by atoms with E-state index in [9.17, 15) is 4.79 Å². The highest BCUT2D eigenvalue weighted by Crippen LogP contribution is 2.41. The molecule has 28 heavy (non-hydrogen) atoms. The molecule has 0 aliphatic carbocycles. The second kappa shape index (κ2) is 6.95. The number of halogens is 1. The van der Waals surface area contributed by atoms with Gasteiger partial charge in [0, 0.05) is 28.6 Å². The standard InChI is InChI=1S/C21H20ClN3O2S/c1-2-25-10-9-14-17(11-25)28-21-18(14)20(26)23-19(24-21)16-8-7-15(27-16)12-3-5-13(22)6-4-12/h3-8,19,24H,2,9-11H2,1H3,(H,23,26)/t19-/m1/s1. The van der Waals surface area contributed by atoms with Crippen LogP contribution >= 0.6 is 22.9 Å². The van der Waals surface area contributed by atoms with Crippen LogP contribution in [0.25, 0.3) is 11.3 Å². The van der Waals surface area contributed by atoms with Crippen molar-refractivity contribution in [2.45, 2.75) is 26.1 Å². The molecule has 0 saturated heterocycles. The number of amides is 1. The molecule has 144 valence electrons. The number of furan rings is 1. The van der Waals surface area contributed by atoms with Crippen LogP contribution in [0.4, 0.5) is 5.00 Å². The zero-order chi connectivity index (χ0) is 19.3. The lowest BCUT2D eigenvalue weighted by Gasteiger charge is -2.27. The highest BCUT2D eigenvalue weighted by atomic mass is 35.5. The van der Waals surface area contributed by atoms with Gasteiger partial charge in [-0.1, -0.05) is 18.5 Å². The van der Waals surface area contributed by atoms with E-state index >= 15 is 0 Å². The molecule has 2 aromatic heterocycles. The van der Waals surface area contributed by atoms with Crippen molar-refractivity contribution in [1.82, 2.24) is 10.2 Å². The number of fused-ring (bicyclic) bond motifs is 3. The highest BCUT2D eigenvalue weighted by Gasteiger charge is 2.34. The minimum atomic E-state index is -0.372. The van der Waals surface area contributed by atoms with E-state index < -0.39 is 0 Å². The first-order valence-electron chi connectivity index (χ1n) is 9.42. The van der Waals surface area contributed by atoms with Crippen LogP contribution in [-0.4, -0.2) is 23.9 Å². The van der Waals surface area contributed by atoms with Crippen LogP contribution in [0.5, 0.6) is 0 Å². The van der Waals surface area contributed by atoms with Crippen molar-refractivity contribution in [1.29, 1.82) is 0 Å². The molecule has 2 aliphatic heterocycles. The number of nitrogens with one attached hydrogen (secondary N) is 2. The molecule has 0 saturated carbocycles. The van der Waals surface area contributed by atoms with Gasteiger partial charge in [0.1, 0.15) is 16.5 Å². The minimum Gasteiger partial charge on any atom is -0.457 e. The summed E-state index contributed by atoms with van der Waals surface area (Å²) < 4.78 is 6.03. The van der Waals surface area contributed by atoms with Gasteiger partial charge in [0.05, 0.1) is 5.56 Å². The quantitative estimate of drug-likeness (QED) is 0.641. The van der Waals surface area contributed by atoms with Crippen LogP contribution in [0.15, 0.2) is 40.8 Å². The summed E-state index contributed by atoms with van der Waals surface area (Å²) in [6.07, 6.45) is 0.555. The Morgan fingerprint density at radius 3 is 2.82 bits per heavy atom. The van der Waals surface area contributed by atoms with E-state index in [4.69, 9.17) is 16.0 Å². The summed E-state index contributed by atoms with van der Waals surface area (Å²) in [4.78, 5) is 16.6. The van der Waals surface area contributed by atoms with Crippen LogP contribution in [0.2, 0.25) is 5.02 Å². The number of carbonyl (C=O) groups is 1. The smallest absolute Gasteiger partial charge is 0.256 e. The van der Waals surface area contributed by atoms with Crippen LogP contribution in [-0.2, 0) is 13.0 Å². The lowest BCUT2D eigenvalue weighted by atomic mass is 10.0. The van der Waals surface area contributed by atoms with Gasteiger partial charge in [0.25, 0.3) is 5.91 Å². The van der Waals surface area contributed by atoms with Crippen molar-refractivity contribution in [3.8, 4) is 11.3 Å². The van der Waals surface area contributed by atoms with Crippen LogP contribution in [0.1, 0.15) is 39.6 Å². The van der Waals surface area contributed by atoms with Gasteiger partial charge >= 0.3 is 0 Å². The van der Waals surface area contributed by atoms with Gasteiger partial charge in [-0.2, -0.15) is 0 Å². The van der Waals surface area contributed by atoms with Crippen LogP contribution in [0.3, 0.4) is 0 Å². The molecule has 1 aromatic carbocycles. The molecule has 4 heterocycles. The summed E-state index contributed by atoms with van der Waals surface area (Å²) in [6.45, 7) is 5.13. The number of hydrogen-bond acceptors (Lipinski definition) is 5. The first-order valence-corrected chi connectivity index (χ1v) is 10.6. The summed E-state index contributed by atoms with van der Waals surface area (Å²) in [5, 5.41) is 8.15. The van der Waals surface area contributed by atoms with Crippen molar-refractivity contribution in [3.05, 3.63) is 63.2 Å². The van der Waals surface area contributed by atoms with Gasteiger partial charge in [-0.25, -0.2) is 0 Å². The minimum absolute atomic E-state index is 0.0226.